The maximum absolute atomic E-state index is 11.3. The average molecular weight is 208 g/mol. The van der Waals surface area contributed by atoms with Gasteiger partial charge in [-0.05, 0) is 32.1 Å². The Bertz CT molecular complexity index is 355. The number of rotatable bonds is 5. The fraction of sp³-hybridized carbons (Fsp3) is 0.727. The van der Waals surface area contributed by atoms with E-state index in [1.54, 1.807) is 6.92 Å². The number of aromatic nitrogens is 2. The van der Waals surface area contributed by atoms with Crippen LogP contribution in [-0.2, 0) is 11.2 Å². The van der Waals surface area contributed by atoms with Crippen LogP contribution < -0.4 is 0 Å². The number of nitrogens with zero attached hydrogens (tertiary/aromatic N) is 2. The average Bonchev–Trinajstić information content (AvgIpc) is 2.86. The fourth-order valence-electron chi connectivity index (χ4n) is 1.71. The summed E-state index contributed by atoms with van der Waals surface area (Å²) in [5.41, 5.74) is 0. The maximum atomic E-state index is 11.3. The summed E-state index contributed by atoms with van der Waals surface area (Å²) in [6.07, 6.45) is 4.17. The van der Waals surface area contributed by atoms with Gasteiger partial charge >= 0.3 is 0 Å². The van der Waals surface area contributed by atoms with Gasteiger partial charge < -0.3 is 4.52 Å². The highest BCUT2D eigenvalue weighted by atomic mass is 16.5. The Kier molecular flexibility index (Phi) is 2.84. The first-order valence-electron chi connectivity index (χ1n) is 5.53. The summed E-state index contributed by atoms with van der Waals surface area (Å²) in [6.45, 7) is 3.52. The molecule has 1 aliphatic carbocycles. The lowest BCUT2D eigenvalue weighted by Gasteiger charge is -2.03. The van der Waals surface area contributed by atoms with Gasteiger partial charge in [-0.15, -0.1) is 0 Å². The summed E-state index contributed by atoms with van der Waals surface area (Å²) in [7, 11) is 0. The van der Waals surface area contributed by atoms with Crippen LogP contribution in [0.15, 0.2) is 4.52 Å². The summed E-state index contributed by atoms with van der Waals surface area (Å²) in [4.78, 5) is 15.6. The Morgan fingerprint density at radius 1 is 1.60 bits per heavy atom. The van der Waals surface area contributed by atoms with Gasteiger partial charge in [-0.2, -0.15) is 4.98 Å². The normalized spacial score (nSPS) is 17.7. The first kappa shape index (κ1) is 10.3. The van der Waals surface area contributed by atoms with Gasteiger partial charge in [0.25, 0.3) is 0 Å². The fourth-order valence-corrected chi connectivity index (χ4v) is 1.71. The number of carbonyl (C=O) groups excluding carboxylic acids is 1. The molecule has 0 saturated heterocycles. The predicted molar refractivity (Wildman–Crippen MR) is 54.4 cm³/mol. The van der Waals surface area contributed by atoms with E-state index in [0.717, 1.165) is 24.6 Å². The minimum atomic E-state index is -0.217. The minimum absolute atomic E-state index is 0.0964. The lowest BCUT2D eigenvalue weighted by atomic mass is 10.0. The van der Waals surface area contributed by atoms with Gasteiger partial charge in [0.1, 0.15) is 5.78 Å². The molecule has 1 aromatic rings. The molecule has 0 bridgehead atoms. The van der Waals surface area contributed by atoms with E-state index in [-0.39, 0.29) is 11.7 Å². The lowest BCUT2D eigenvalue weighted by molar-refractivity contribution is -0.119. The van der Waals surface area contributed by atoms with Crippen LogP contribution in [0.25, 0.3) is 0 Å². The number of hydrogen-bond acceptors (Lipinski definition) is 4. The van der Waals surface area contributed by atoms with Crippen molar-refractivity contribution in [2.24, 2.45) is 5.92 Å². The van der Waals surface area contributed by atoms with Crippen LogP contribution in [0.1, 0.15) is 50.7 Å². The Hall–Kier alpha value is -1.19. The molecule has 0 radical (unpaired) electrons. The monoisotopic (exact) mass is 208 g/mol. The van der Waals surface area contributed by atoms with E-state index >= 15 is 0 Å². The van der Waals surface area contributed by atoms with E-state index < -0.39 is 0 Å². The number of carbonyl (C=O) groups is 1. The summed E-state index contributed by atoms with van der Waals surface area (Å²) >= 11 is 0. The molecule has 0 aliphatic heterocycles. The van der Waals surface area contributed by atoms with Crippen LogP contribution in [0.3, 0.4) is 0 Å². The van der Waals surface area contributed by atoms with E-state index in [1.807, 2.05) is 6.92 Å². The number of Topliss-reactive ketones (excluding diaryl/α,β-unsaturated/α-hetero) is 1. The highest BCUT2D eigenvalue weighted by Crippen LogP contribution is 2.32. The molecule has 1 saturated carbocycles. The van der Waals surface area contributed by atoms with Gasteiger partial charge in [0, 0.05) is 6.42 Å². The molecule has 0 aromatic carbocycles. The van der Waals surface area contributed by atoms with Crippen molar-refractivity contribution in [3.05, 3.63) is 11.7 Å². The molecule has 0 spiro atoms. The second-order valence-corrected chi connectivity index (χ2v) is 4.27. The van der Waals surface area contributed by atoms with Crippen molar-refractivity contribution in [2.75, 3.05) is 0 Å². The SMILES string of the molecule is CCC(C(C)=O)c1nc(CC2CC2)no1. The molecule has 4 heteroatoms. The molecule has 1 aromatic heterocycles. The van der Waals surface area contributed by atoms with Crippen LogP contribution in [0.4, 0.5) is 0 Å². The standard InChI is InChI=1S/C11H16N2O2/c1-3-9(7(2)14)11-12-10(13-15-11)6-8-4-5-8/h8-9H,3-6H2,1-2H3. The number of ketones is 1. The second kappa shape index (κ2) is 4.13. The molecule has 15 heavy (non-hydrogen) atoms. The molecule has 4 nitrogen and oxygen atoms in total. The van der Waals surface area contributed by atoms with Crippen LogP contribution in [0.2, 0.25) is 0 Å². The lowest BCUT2D eigenvalue weighted by Crippen LogP contribution is -2.08. The molecule has 1 fully saturated rings. The zero-order chi connectivity index (χ0) is 10.8. The van der Waals surface area contributed by atoms with E-state index in [1.165, 1.54) is 12.8 Å². The molecule has 82 valence electrons. The van der Waals surface area contributed by atoms with Crippen molar-refractivity contribution in [1.82, 2.24) is 10.1 Å². The van der Waals surface area contributed by atoms with E-state index in [0.29, 0.717) is 5.89 Å². The zero-order valence-electron chi connectivity index (χ0n) is 9.19. The quantitative estimate of drug-likeness (QED) is 0.743. The Morgan fingerprint density at radius 3 is 2.87 bits per heavy atom. The zero-order valence-corrected chi connectivity index (χ0v) is 9.19. The van der Waals surface area contributed by atoms with Crippen molar-refractivity contribution in [3.8, 4) is 0 Å². The van der Waals surface area contributed by atoms with Crippen LogP contribution >= 0.6 is 0 Å². The van der Waals surface area contributed by atoms with E-state index in [4.69, 9.17) is 4.52 Å². The Labute approximate surface area is 89.1 Å². The first-order chi connectivity index (χ1) is 7.20. The van der Waals surface area contributed by atoms with Crippen molar-refractivity contribution < 1.29 is 9.32 Å². The Morgan fingerprint density at radius 2 is 2.33 bits per heavy atom. The van der Waals surface area contributed by atoms with Crippen LogP contribution in [0, 0.1) is 5.92 Å². The third-order valence-corrected chi connectivity index (χ3v) is 2.85. The van der Waals surface area contributed by atoms with Crippen molar-refractivity contribution in [1.29, 1.82) is 0 Å². The molecule has 0 amide bonds. The van der Waals surface area contributed by atoms with Gasteiger partial charge in [0.05, 0.1) is 5.92 Å². The summed E-state index contributed by atoms with van der Waals surface area (Å²) in [6, 6.07) is 0. The minimum Gasteiger partial charge on any atom is -0.339 e. The summed E-state index contributed by atoms with van der Waals surface area (Å²) in [5, 5.41) is 3.91. The molecule has 1 unspecified atom stereocenters. The van der Waals surface area contributed by atoms with Crippen molar-refractivity contribution >= 4 is 5.78 Å². The van der Waals surface area contributed by atoms with Gasteiger partial charge in [0.2, 0.25) is 5.89 Å². The molecular formula is C11H16N2O2. The van der Waals surface area contributed by atoms with Crippen molar-refractivity contribution in [2.45, 2.75) is 45.4 Å². The van der Waals surface area contributed by atoms with Crippen LogP contribution in [0.5, 0.6) is 0 Å². The van der Waals surface area contributed by atoms with Gasteiger partial charge in [0.15, 0.2) is 5.82 Å². The third-order valence-electron chi connectivity index (χ3n) is 2.85. The molecule has 1 aliphatic rings. The van der Waals surface area contributed by atoms with Crippen molar-refractivity contribution in [3.63, 3.8) is 0 Å². The second-order valence-electron chi connectivity index (χ2n) is 4.27. The molecule has 1 heterocycles. The topological polar surface area (TPSA) is 56.0 Å². The predicted octanol–water partition coefficient (Wildman–Crippen LogP) is 2.10. The highest BCUT2D eigenvalue weighted by Gasteiger charge is 2.26. The largest absolute Gasteiger partial charge is 0.339 e. The van der Waals surface area contributed by atoms with Gasteiger partial charge in [-0.3, -0.25) is 4.79 Å². The maximum Gasteiger partial charge on any atom is 0.237 e. The highest BCUT2D eigenvalue weighted by molar-refractivity contribution is 5.82. The van der Waals surface area contributed by atoms with E-state index in [9.17, 15) is 4.79 Å². The van der Waals surface area contributed by atoms with Gasteiger partial charge in [-0.25, -0.2) is 0 Å². The molecule has 1 atom stereocenters. The molecular weight excluding hydrogens is 192 g/mol. The molecule has 0 N–H and O–H groups in total. The van der Waals surface area contributed by atoms with Gasteiger partial charge in [-0.1, -0.05) is 12.1 Å². The van der Waals surface area contributed by atoms with Crippen LogP contribution in [-0.4, -0.2) is 15.9 Å². The van der Waals surface area contributed by atoms with E-state index in [2.05, 4.69) is 10.1 Å². The summed E-state index contributed by atoms with van der Waals surface area (Å²) in [5.74, 6) is 1.87. The molecule has 2 rings (SSSR count). The Balaban J connectivity index is 2.06. The first-order valence-corrected chi connectivity index (χ1v) is 5.53. The third kappa shape index (κ3) is 2.43. The smallest absolute Gasteiger partial charge is 0.237 e. The number of hydrogen-bond donors (Lipinski definition) is 0. The summed E-state index contributed by atoms with van der Waals surface area (Å²) < 4.78 is 5.13.